The van der Waals surface area contributed by atoms with Gasteiger partial charge in [0.2, 0.25) is 0 Å². The monoisotopic (exact) mass is 586 g/mol. The molecule has 2 aliphatic heterocycles. The summed E-state index contributed by atoms with van der Waals surface area (Å²) in [6.07, 6.45) is 0. The Hall–Kier alpha value is -4.80. The van der Waals surface area contributed by atoms with Crippen LogP contribution < -0.4 is 0 Å². The summed E-state index contributed by atoms with van der Waals surface area (Å²) in [6, 6.07) is 63.3. The summed E-state index contributed by atoms with van der Waals surface area (Å²) < 4.78 is 21.8. The lowest BCUT2D eigenvalue weighted by atomic mass is 9.68. The van der Waals surface area contributed by atoms with Crippen LogP contribution >= 0.6 is 0 Å². The maximum Gasteiger partial charge on any atom is 0.155 e. The van der Waals surface area contributed by atoms with Crippen LogP contribution in [0.5, 0.6) is 0 Å². The van der Waals surface area contributed by atoms with E-state index in [0.717, 1.165) is 33.4 Å². The lowest BCUT2D eigenvalue weighted by molar-refractivity contribution is -0.193. The van der Waals surface area contributed by atoms with Crippen molar-refractivity contribution in [2.45, 2.75) is 22.4 Å². The zero-order valence-electron chi connectivity index (χ0n) is 25.0. The average molecular weight is 587 g/mol. The van der Waals surface area contributed by atoms with E-state index in [1.54, 1.807) is 0 Å². The van der Waals surface area contributed by atoms with Gasteiger partial charge in [0.1, 0.15) is 0 Å². The predicted octanol–water partition coefficient (Wildman–Crippen LogP) is 8.74. The highest BCUT2D eigenvalue weighted by molar-refractivity contribution is 5.52. The molecule has 6 aromatic carbocycles. The molecule has 2 heterocycles. The predicted molar refractivity (Wildman–Crippen MR) is 177 cm³/mol. The van der Waals surface area contributed by atoms with Crippen LogP contribution in [0, 0.1) is 0 Å². The summed E-state index contributed by atoms with van der Waals surface area (Å²) in [4.78, 5) is 0. The van der Waals surface area contributed by atoms with Crippen molar-refractivity contribution in [1.82, 2.24) is 0 Å². The zero-order chi connectivity index (χ0) is 30.2. The molecule has 0 bridgehead atoms. The van der Waals surface area contributed by atoms with Crippen LogP contribution in [-0.4, -0.2) is 13.2 Å². The standard InChI is InChI=1S/C42H34O3/c1-7-19-33(20-8-1)39(31-43-39)41(35-23-11-3-12-24-35,36-25-13-4-14-26-36)45-42(37-27-15-5-16-28-37,38-29-17-6-18-30-38)40(32-44-40)34-21-9-2-10-22-34/h1-30H,31-32H2. The number of hydrogen-bond acceptors (Lipinski definition) is 3. The molecule has 0 N–H and O–H groups in total. The fourth-order valence-electron chi connectivity index (χ4n) is 7.29. The molecule has 2 atom stereocenters. The summed E-state index contributed by atoms with van der Waals surface area (Å²) >= 11 is 0. The van der Waals surface area contributed by atoms with Crippen molar-refractivity contribution in [3.05, 3.63) is 215 Å². The molecule has 2 unspecified atom stereocenters. The van der Waals surface area contributed by atoms with Gasteiger partial charge in [-0.2, -0.15) is 0 Å². The molecule has 2 fully saturated rings. The van der Waals surface area contributed by atoms with Crippen molar-refractivity contribution in [1.29, 1.82) is 0 Å². The summed E-state index contributed by atoms with van der Waals surface area (Å²) in [5.41, 5.74) is 2.39. The Kier molecular flexibility index (Phi) is 6.76. The topological polar surface area (TPSA) is 34.3 Å². The normalized spacial score (nSPS) is 20.8. The fraction of sp³-hybridized carbons (Fsp3) is 0.143. The van der Waals surface area contributed by atoms with Crippen molar-refractivity contribution in [3.63, 3.8) is 0 Å². The van der Waals surface area contributed by atoms with Crippen molar-refractivity contribution in [2.75, 3.05) is 13.2 Å². The van der Waals surface area contributed by atoms with E-state index in [-0.39, 0.29) is 0 Å². The van der Waals surface area contributed by atoms with Crippen molar-refractivity contribution in [3.8, 4) is 0 Å². The Morgan fingerprint density at radius 2 is 0.578 bits per heavy atom. The lowest BCUT2D eigenvalue weighted by Crippen LogP contribution is -2.55. The third-order valence-electron chi connectivity index (χ3n) is 9.51. The second kappa shape index (κ2) is 11.0. The molecule has 0 aromatic heterocycles. The fourth-order valence-corrected chi connectivity index (χ4v) is 7.29. The highest BCUT2D eigenvalue weighted by atomic mass is 16.7. The Morgan fingerprint density at radius 1 is 0.356 bits per heavy atom. The Morgan fingerprint density at radius 3 is 0.800 bits per heavy atom. The van der Waals surface area contributed by atoms with Crippen molar-refractivity contribution >= 4 is 0 Å². The van der Waals surface area contributed by atoms with Crippen LogP contribution in [0.25, 0.3) is 0 Å². The van der Waals surface area contributed by atoms with Gasteiger partial charge >= 0.3 is 0 Å². The summed E-state index contributed by atoms with van der Waals surface area (Å²) in [5, 5.41) is 0. The van der Waals surface area contributed by atoms with Gasteiger partial charge in [0.15, 0.2) is 22.4 Å². The van der Waals surface area contributed by atoms with Gasteiger partial charge in [-0.05, 0) is 33.4 Å². The first-order chi connectivity index (χ1) is 22.3. The van der Waals surface area contributed by atoms with Gasteiger partial charge in [0.05, 0.1) is 13.2 Å². The highest BCUT2D eigenvalue weighted by Crippen LogP contribution is 2.66. The minimum Gasteiger partial charge on any atom is -0.361 e. The molecule has 3 heteroatoms. The number of benzene rings is 6. The largest absolute Gasteiger partial charge is 0.361 e. The van der Waals surface area contributed by atoms with E-state index in [2.05, 4.69) is 170 Å². The molecule has 2 saturated heterocycles. The molecule has 6 aromatic rings. The van der Waals surface area contributed by atoms with Gasteiger partial charge in [-0.25, -0.2) is 0 Å². The van der Waals surface area contributed by atoms with Crippen LogP contribution in [0.4, 0.5) is 0 Å². The molecule has 0 amide bonds. The maximum atomic E-state index is 8.28. The highest BCUT2D eigenvalue weighted by Gasteiger charge is 2.73. The van der Waals surface area contributed by atoms with E-state index in [4.69, 9.17) is 14.2 Å². The molecular formula is C42H34O3. The quantitative estimate of drug-likeness (QED) is 0.151. The lowest BCUT2D eigenvalue weighted by Gasteiger charge is -2.50. The number of ether oxygens (including phenoxy) is 3. The second-order valence-corrected chi connectivity index (χ2v) is 11.9. The minimum absolute atomic E-state index is 0.500. The molecular weight excluding hydrogens is 552 g/mol. The van der Waals surface area contributed by atoms with Crippen LogP contribution in [0.15, 0.2) is 182 Å². The molecule has 0 spiro atoms. The summed E-state index contributed by atoms with van der Waals surface area (Å²) in [7, 11) is 0. The molecule has 0 radical (unpaired) electrons. The molecule has 2 aliphatic rings. The third kappa shape index (κ3) is 4.23. The van der Waals surface area contributed by atoms with Crippen molar-refractivity contribution in [2.24, 2.45) is 0 Å². The first kappa shape index (κ1) is 27.7. The SMILES string of the molecule is c1ccc(C2(C(OC(c3ccccc3)(c3ccccc3)C3(c4ccccc4)CO3)(c3ccccc3)c3ccccc3)CO2)cc1. The van der Waals surface area contributed by atoms with Crippen LogP contribution in [-0.2, 0) is 36.6 Å². The maximum absolute atomic E-state index is 8.28. The van der Waals surface area contributed by atoms with E-state index >= 15 is 0 Å². The van der Waals surface area contributed by atoms with E-state index in [0.29, 0.717) is 13.2 Å². The minimum atomic E-state index is -1.09. The van der Waals surface area contributed by atoms with Gasteiger partial charge in [0.25, 0.3) is 0 Å². The molecule has 0 aliphatic carbocycles. The molecule has 3 nitrogen and oxygen atoms in total. The van der Waals surface area contributed by atoms with E-state index in [1.807, 2.05) is 12.1 Å². The van der Waals surface area contributed by atoms with Crippen LogP contribution in [0.3, 0.4) is 0 Å². The van der Waals surface area contributed by atoms with Gasteiger partial charge in [-0.3, -0.25) is 0 Å². The van der Waals surface area contributed by atoms with Gasteiger partial charge in [0, 0.05) is 0 Å². The third-order valence-corrected chi connectivity index (χ3v) is 9.51. The Bertz CT molecular complexity index is 1630. The molecule has 45 heavy (non-hydrogen) atoms. The van der Waals surface area contributed by atoms with Crippen molar-refractivity contribution < 1.29 is 14.2 Å². The Balaban J connectivity index is 1.51. The van der Waals surface area contributed by atoms with E-state index < -0.39 is 22.4 Å². The summed E-state index contributed by atoms with van der Waals surface area (Å²) in [5.74, 6) is 0. The first-order valence-corrected chi connectivity index (χ1v) is 15.6. The zero-order valence-corrected chi connectivity index (χ0v) is 25.0. The van der Waals surface area contributed by atoms with Gasteiger partial charge in [-0.15, -0.1) is 0 Å². The van der Waals surface area contributed by atoms with Gasteiger partial charge in [-0.1, -0.05) is 182 Å². The molecule has 0 saturated carbocycles. The van der Waals surface area contributed by atoms with E-state index in [9.17, 15) is 0 Å². The van der Waals surface area contributed by atoms with E-state index in [1.165, 1.54) is 0 Å². The first-order valence-electron chi connectivity index (χ1n) is 15.6. The average Bonchev–Trinajstić information content (AvgIpc) is 4.08. The van der Waals surface area contributed by atoms with Crippen LogP contribution in [0.2, 0.25) is 0 Å². The number of hydrogen-bond donors (Lipinski definition) is 0. The smallest absolute Gasteiger partial charge is 0.155 e. The Labute approximate surface area is 264 Å². The van der Waals surface area contributed by atoms with Crippen LogP contribution in [0.1, 0.15) is 33.4 Å². The molecule has 220 valence electrons. The summed E-state index contributed by atoms with van der Waals surface area (Å²) in [6.45, 7) is 0.999. The number of rotatable bonds is 10. The van der Waals surface area contributed by atoms with Gasteiger partial charge < -0.3 is 14.2 Å². The number of epoxide rings is 2. The molecule has 8 rings (SSSR count). The second-order valence-electron chi connectivity index (χ2n) is 11.9.